The molecule has 7 heteroatoms. The van der Waals surface area contributed by atoms with E-state index < -0.39 is 0 Å². The van der Waals surface area contributed by atoms with Crippen molar-refractivity contribution in [2.45, 2.75) is 18.6 Å². The third-order valence-electron chi connectivity index (χ3n) is 2.44. The average Bonchev–Trinajstić information content (AvgIpc) is 2.84. The minimum atomic E-state index is -0.0891. The van der Waals surface area contributed by atoms with Gasteiger partial charge in [0.05, 0.1) is 12.3 Å². The van der Waals surface area contributed by atoms with Crippen LogP contribution in [0.15, 0.2) is 42.1 Å². The molecule has 6 nitrogen and oxygen atoms in total. The molecular formula is C13H15N5OS. The van der Waals surface area contributed by atoms with Gasteiger partial charge in [0, 0.05) is 5.69 Å². The van der Waals surface area contributed by atoms with Gasteiger partial charge in [0.2, 0.25) is 11.1 Å². The van der Waals surface area contributed by atoms with Crippen molar-refractivity contribution in [2.24, 2.45) is 0 Å². The third kappa shape index (κ3) is 3.92. The highest BCUT2D eigenvalue weighted by molar-refractivity contribution is 7.99. The molecule has 1 aromatic carbocycles. The Morgan fingerprint density at radius 3 is 3.15 bits per heavy atom. The number of hydrogen-bond acceptors (Lipinski definition) is 5. The zero-order valence-electron chi connectivity index (χ0n) is 11.1. The summed E-state index contributed by atoms with van der Waals surface area (Å²) in [6.07, 6.45) is 1.70. The normalized spacial score (nSPS) is 10.2. The molecule has 0 saturated heterocycles. The molecule has 0 aliphatic carbocycles. The fourth-order valence-electron chi connectivity index (χ4n) is 1.59. The number of rotatable bonds is 6. The Morgan fingerprint density at radius 1 is 1.55 bits per heavy atom. The summed E-state index contributed by atoms with van der Waals surface area (Å²) in [6, 6.07) is 7.66. The molecule has 0 fully saturated rings. The van der Waals surface area contributed by atoms with Crippen molar-refractivity contribution in [2.75, 3.05) is 11.1 Å². The van der Waals surface area contributed by atoms with E-state index in [0.29, 0.717) is 11.7 Å². The van der Waals surface area contributed by atoms with Crippen LogP contribution in [-0.4, -0.2) is 31.9 Å². The van der Waals surface area contributed by atoms with E-state index >= 15 is 0 Å². The molecule has 2 rings (SSSR count). The molecule has 0 radical (unpaired) electrons. The fourth-order valence-corrected chi connectivity index (χ4v) is 2.27. The average molecular weight is 289 g/mol. The largest absolute Gasteiger partial charge is 0.325 e. The van der Waals surface area contributed by atoms with Gasteiger partial charge in [-0.3, -0.25) is 4.79 Å². The van der Waals surface area contributed by atoms with Crippen LogP contribution in [0.3, 0.4) is 0 Å². The van der Waals surface area contributed by atoms with Crippen LogP contribution < -0.4 is 5.32 Å². The van der Waals surface area contributed by atoms with E-state index in [1.807, 2.05) is 31.2 Å². The van der Waals surface area contributed by atoms with E-state index in [0.717, 1.165) is 11.3 Å². The molecule has 1 aromatic heterocycles. The summed E-state index contributed by atoms with van der Waals surface area (Å²) in [6.45, 7) is 6.13. The lowest BCUT2D eigenvalue weighted by molar-refractivity contribution is -0.113. The summed E-state index contributed by atoms with van der Waals surface area (Å²) in [4.78, 5) is 11.9. The molecule has 1 N–H and O–H groups in total. The van der Waals surface area contributed by atoms with Crippen LogP contribution in [0.25, 0.3) is 0 Å². The number of tetrazole rings is 1. The first-order valence-electron chi connectivity index (χ1n) is 6.05. The lowest BCUT2D eigenvalue weighted by atomic mass is 10.2. The molecule has 0 aliphatic heterocycles. The van der Waals surface area contributed by atoms with Gasteiger partial charge in [-0.15, -0.1) is 11.7 Å². The zero-order valence-corrected chi connectivity index (χ0v) is 11.9. The highest BCUT2D eigenvalue weighted by atomic mass is 32.2. The van der Waals surface area contributed by atoms with Crippen molar-refractivity contribution in [1.82, 2.24) is 20.2 Å². The third-order valence-corrected chi connectivity index (χ3v) is 3.39. The van der Waals surface area contributed by atoms with Gasteiger partial charge < -0.3 is 5.32 Å². The molecule has 0 unspecified atom stereocenters. The van der Waals surface area contributed by atoms with E-state index in [2.05, 4.69) is 27.4 Å². The molecular weight excluding hydrogens is 274 g/mol. The van der Waals surface area contributed by atoms with Gasteiger partial charge in [-0.2, -0.15) is 0 Å². The molecule has 2 aromatic rings. The maximum Gasteiger partial charge on any atom is 0.234 e. The van der Waals surface area contributed by atoms with Crippen LogP contribution in [0.1, 0.15) is 5.56 Å². The van der Waals surface area contributed by atoms with Crippen LogP contribution in [0.2, 0.25) is 0 Å². The van der Waals surface area contributed by atoms with Crippen LogP contribution in [0.5, 0.6) is 0 Å². The fraction of sp³-hybridized carbons (Fsp3) is 0.231. The van der Waals surface area contributed by atoms with Crippen molar-refractivity contribution in [3.05, 3.63) is 42.5 Å². The molecule has 0 saturated carbocycles. The number of nitrogens with one attached hydrogen (secondary N) is 1. The zero-order chi connectivity index (χ0) is 14.4. The second-order valence-corrected chi connectivity index (χ2v) is 5.08. The summed E-state index contributed by atoms with van der Waals surface area (Å²) < 4.78 is 1.59. The van der Waals surface area contributed by atoms with E-state index in [1.165, 1.54) is 11.8 Å². The lowest BCUT2D eigenvalue weighted by Crippen LogP contribution is -2.14. The van der Waals surface area contributed by atoms with Gasteiger partial charge in [0.1, 0.15) is 0 Å². The molecule has 1 heterocycles. The predicted octanol–water partition coefficient (Wildman–Crippen LogP) is 1.90. The van der Waals surface area contributed by atoms with Crippen molar-refractivity contribution in [3.8, 4) is 0 Å². The Kier molecular flexibility index (Phi) is 4.89. The number of allylic oxidation sites excluding steroid dienone is 1. The lowest BCUT2D eigenvalue weighted by Gasteiger charge is -2.05. The first-order valence-corrected chi connectivity index (χ1v) is 7.04. The number of anilines is 1. The highest BCUT2D eigenvalue weighted by Gasteiger charge is 2.09. The Bertz CT molecular complexity index is 610. The number of carbonyl (C=O) groups is 1. The van der Waals surface area contributed by atoms with Crippen LogP contribution >= 0.6 is 11.8 Å². The number of thioether (sulfide) groups is 1. The monoisotopic (exact) mass is 289 g/mol. The number of benzene rings is 1. The Balaban J connectivity index is 1.89. The maximum absolute atomic E-state index is 11.9. The molecule has 1 amide bonds. The van der Waals surface area contributed by atoms with E-state index in [-0.39, 0.29) is 11.7 Å². The second kappa shape index (κ2) is 6.85. The highest BCUT2D eigenvalue weighted by Crippen LogP contribution is 2.15. The van der Waals surface area contributed by atoms with E-state index in [1.54, 1.807) is 10.8 Å². The SMILES string of the molecule is C=CCn1nnnc1SCC(=O)Nc1cccc(C)c1. The summed E-state index contributed by atoms with van der Waals surface area (Å²) in [5, 5.41) is 14.7. The van der Waals surface area contributed by atoms with Gasteiger partial charge in [0.15, 0.2) is 0 Å². The minimum absolute atomic E-state index is 0.0891. The van der Waals surface area contributed by atoms with Crippen molar-refractivity contribution in [3.63, 3.8) is 0 Å². The van der Waals surface area contributed by atoms with Gasteiger partial charge in [-0.1, -0.05) is 30.0 Å². The molecule has 0 bridgehead atoms. The maximum atomic E-state index is 11.9. The van der Waals surface area contributed by atoms with Crippen molar-refractivity contribution < 1.29 is 4.79 Å². The van der Waals surface area contributed by atoms with Crippen LogP contribution in [0, 0.1) is 6.92 Å². The summed E-state index contributed by atoms with van der Waals surface area (Å²) in [7, 11) is 0. The Labute approximate surface area is 121 Å². The standard InChI is InChI=1S/C13H15N5OS/c1-3-7-18-13(15-16-17-18)20-9-12(19)14-11-6-4-5-10(2)8-11/h3-6,8H,1,7,9H2,2H3,(H,14,19). The number of aryl methyl sites for hydroxylation is 1. The molecule has 104 valence electrons. The Hall–Kier alpha value is -2.15. The number of hydrogen-bond donors (Lipinski definition) is 1. The van der Waals surface area contributed by atoms with Crippen molar-refractivity contribution in [1.29, 1.82) is 0 Å². The number of nitrogens with zero attached hydrogens (tertiary/aromatic N) is 4. The number of amides is 1. The molecule has 0 spiro atoms. The number of carbonyl (C=O) groups excluding carboxylic acids is 1. The van der Waals surface area contributed by atoms with E-state index in [4.69, 9.17) is 0 Å². The van der Waals surface area contributed by atoms with Gasteiger partial charge in [-0.05, 0) is 35.0 Å². The van der Waals surface area contributed by atoms with Gasteiger partial charge in [0.25, 0.3) is 0 Å². The predicted molar refractivity (Wildman–Crippen MR) is 78.5 cm³/mol. The van der Waals surface area contributed by atoms with Crippen LogP contribution in [-0.2, 0) is 11.3 Å². The van der Waals surface area contributed by atoms with Gasteiger partial charge >= 0.3 is 0 Å². The molecule has 0 atom stereocenters. The quantitative estimate of drug-likeness (QED) is 0.649. The van der Waals surface area contributed by atoms with Crippen LogP contribution in [0.4, 0.5) is 5.69 Å². The first kappa shape index (κ1) is 14.3. The van der Waals surface area contributed by atoms with E-state index in [9.17, 15) is 4.79 Å². The van der Waals surface area contributed by atoms with Gasteiger partial charge in [-0.25, -0.2) is 4.68 Å². The summed E-state index contributed by atoms with van der Waals surface area (Å²) in [5.74, 6) is 0.166. The summed E-state index contributed by atoms with van der Waals surface area (Å²) in [5.41, 5.74) is 1.90. The Morgan fingerprint density at radius 2 is 2.40 bits per heavy atom. The topological polar surface area (TPSA) is 72.7 Å². The smallest absolute Gasteiger partial charge is 0.234 e. The first-order chi connectivity index (χ1) is 9.69. The number of aromatic nitrogens is 4. The molecule has 20 heavy (non-hydrogen) atoms. The minimum Gasteiger partial charge on any atom is -0.325 e. The molecule has 0 aliphatic rings. The second-order valence-electron chi connectivity index (χ2n) is 4.14. The summed E-state index contributed by atoms with van der Waals surface area (Å²) >= 11 is 1.29. The van der Waals surface area contributed by atoms with Crippen molar-refractivity contribution >= 4 is 23.4 Å².